The Hall–Kier alpha value is -2.95. The first kappa shape index (κ1) is 54.7. The molecule has 4 rings (SSSR count). The smallest absolute Gasteiger partial charge is 0.428 e. The van der Waals surface area contributed by atoms with Gasteiger partial charge in [-0.1, -0.05) is 20.8 Å². The second-order valence-electron chi connectivity index (χ2n) is 19.9. The highest BCUT2D eigenvalue weighted by molar-refractivity contribution is 5.84. The number of hydrogen-bond acceptors (Lipinski definition) is 18. The van der Waals surface area contributed by atoms with Crippen LogP contribution in [0.2, 0.25) is 0 Å². The van der Waals surface area contributed by atoms with Crippen molar-refractivity contribution in [3.8, 4) is 0 Å². The lowest BCUT2D eigenvalue weighted by Crippen LogP contribution is -2.61. The van der Waals surface area contributed by atoms with Gasteiger partial charge in [0.15, 0.2) is 18.7 Å². The molecule has 0 spiro atoms. The predicted molar refractivity (Wildman–Crippen MR) is 240 cm³/mol. The number of aliphatic hydroxyl groups is 4. The summed E-state index contributed by atoms with van der Waals surface area (Å²) in [5, 5.41) is 52.0. The Bertz CT molecular complexity index is 1710. The van der Waals surface area contributed by atoms with E-state index in [0.717, 1.165) is 0 Å². The van der Waals surface area contributed by atoms with Crippen molar-refractivity contribution in [2.24, 2.45) is 22.9 Å². The number of carbonyl (C=O) groups is 2. The van der Waals surface area contributed by atoms with E-state index in [1.807, 2.05) is 44.8 Å². The van der Waals surface area contributed by atoms with Crippen LogP contribution in [0.15, 0.2) is 23.7 Å². The number of ether oxygens (including phenoxy) is 7. The molecule has 1 amide bonds. The molecular formula is C46H80N6O13. The highest BCUT2D eigenvalue weighted by Crippen LogP contribution is 2.41. The van der Waals surface area contributed by atoms with Gasteiger partial charge in [-0.25, -0.2) is 10.2 Å². The maximum atomic E-state index is 14.5. The van der Waals surface area contributed by atoms with Gasteiger partial charge in [0.05, 0.1) is 41.6 Å². The molecule has 3 fully saturated rings. The number of aliphatic hydroxyl groups excluding tert-OH is 2. The van der Waals surface area contributed by atoms with Crippen LogP contribution in [0.4, 0.5) is 4.79 Å². The lowest BCUT2D eigenvalue weighted by atomic mass is 9.77. The normalized spacial score (nSPS) is 42.1. The highest BCUT2D eigenvalue weighted by Gasteiger charge is 2.54. The number of amides is 1. The fourth-order valence-corrected chi connectivity index (χ4v) is 9.95. The molecular weight excluding hydrogens is 845 g/mol. The third-order valence-electron chi connectivity index (χ3n) is 13.8. The van der Waals surface area contributed by atoms with Crippen LogP contribution in [-0.2, 0) is 44.4 Å². The van der Waals surface area contributed by atoms with Gasteiger partial charge in [-0.2, -0.15) is 5.10 Å². The lowest BCUT2D eigenvalue weighted by molar-refractivity contribution is -0.317. The summed E-state index contributed by atoms with van der Waals surface area (Å²) in [6.45, 7) is 19.6. The molecule has 5 N–H and O–H groups in total. The van der Waals surface area contributed by atoms with Gasteiger partial charge in [-0.3, -0.25) is 14.8 Å². The molecule has 0 saturated carbocycles. The van der Waals surface area contributed by atoms with Gasteiger partial charge >= 0.3 is 12.1 Å². The zero-order valence-corrected chi connectivity index (χ0v) is 41.3. The Kier molecular flexibility index (Phi) is 19.3. The molecule has 65 heavy (non-hydrogen) atoms. The van der Waals surface area contributed by atoms with E-state index in [2.05, 4.69) is 20.5 Å². The SMILES string of the molecule is CC[C@H]1OC(=O)[C@H](C)[C@@H](O[C@H]2C[C@@](C)(OC)C(OC(=O)N/N=C(/C)Cc3cnccn3)[C@H](C)O2)[C@H](C)[C@@H](O[C@@H]2O[C@H](C)C[C@H](N(C)C)[C@H]2O)[C@](C)(O)C[C@@H](C)CN(C)[C@H](C)[C@@H](O)[C@]1(C)O. The first-order chi connectivity index (χ1) is 30.3. The highest BCUT2D eigenvalue weighted by atomic mass is 16.7. The molecule has 4 heterocycles. The standard InChI is InChI=1S/C46H80N6O13/c1-16-34-46(11,58)38(54)30(7)52(14)24-25(2)21-44(9,57)39(64-42-36(53)33(51(12)13)20-27(4)60-42)28(5)37(29(6)41(55)62-34)63-35-22-45(10,59-15)40(31(8)61-35)65-43(56)50-49-26(3)19-32-23-47-17-18-48-32/h17-18,23,25,27-31,33-40,42,53-54,57-58H,16,19-22,24H2,1-15H3,(H,50,56)/b49-26-/t25-,27-,28+,29-,30-,31+,33+,34-,35+,36-,37+,38-,39-,40?,42+,44-,45-,46-/m1/s1. The Morgan fingerprint density at radius 3 is 2.31 bits per heavy atom. The van der Waals surface area contributed by atoms with Crippen molar-refractivity contribution < 1.29 is 63.2 Å². The van der Waals surface area contributed by atoms with Crippen LogP contribution in [0, 0.1) is 17.8 Å². The molecule has 0 bridgehead atoms. The topological polar surface area (TPSA) is 236 Å². The zero-order valence-electron chi connectivity index (χ0n) is 41.3. The summed E-state index contributed by atoms with van der Waals surface area (Å²) < 4.78 is 44.4. The number of aromatic nitrogens is 2. The number of carbonyl (C=O) groups excluding carboxylic acids is 2. The number of rotatable bonds is 11. The average molecular weight is 925 g/mol. The summed E-state index contributed by atoms with van der Waals surface area (Å²) in [5.74, 6) is -2.83. The predicted octanol–water partition coefficient (Wildman–Crippen LogP) is 3.04. The van der Waals surface area contributed by atoms with Crippen LogP contribution in [0.3, 0.4) is 0 Å². The van der Waals surface area contributed by atoms with Crippen molar-refractivity contribution >= 4 is 17.8 Å². The van der Waals surface area contributed by atoms with Crippen molar-refractivity contribution in [3.63, 3.8) is 0 Å². The molecule has 3 aliphatic rings. The summed E-state index contributed by atoms with van der Waals surface area (Å²) in [4.78, 5) is 39.8. The Morgan fingerprint density at radius 1 is 1.03 bits per heavy atom. The van der Waals surface area contributed by atoms with Gasteiger partial charge < -0.3 is 63.4 Å². The molecule has 19 nitrogen and oxygen atoms in total. The van der Waals surface area contributed by atoms with E-state index >= 15 is 0 Å². The Balaban J connectivity index is 1.72. The van der Waals surface area contributed by atoms with Crippen molar-refractivity contribution in [1.82, 2.24) is 25.2 Å². The number of hydrazone groups is 1. The Morgan fingerprint density at radius 2 is 1.71 bits per heavy atom. The summed E-state index contributed by atoms with van der Waals surface area (Å²) in [6, 6.07) is -0.885. The second kappa shape index (κ2) is 22.9. The molecule has 1 unspecified atom stereocenters. The van der Waals surface area contributed by atoms with Gasteiger partial charge in [0.1, 0.15) is 29.5 Å². The molecule has 0 radical (unpaired) electrons. The van der Waals surface area contributed by atoms with Crippen LogP contribution in [-0.4, -0.2) is 183 Å². The number of methoxy groups -OCH3 is 1. The fourth-order valence-electron chi connectivity index (χ4n) is 9.95. The van der Waals surface area contributed by atoms with E-state index in [-0.39, 0.29) is 37.3 Å². The number of nitrogens with zero attached hydrogens (tertiary/aromatic N) is 5. The average Bonchev–Trinajstić information content (AvgIpc) is 3.23. The van der Waals surface area contributed by atoms with E-state index in [1.54, 1.807) is 74.0 Å². The first-order valence-electron chi connectivity index (χ1n) is 23.1. The molecule has 19 heteroatoms. The van der Waals surface area contributed by atoms with Gasteiger partial charge in [0, 0.05) is 68.8 Å². The van der Waals surface area contributed by atoms with Gasteiger partial charge in [-0.15, -0.1) is 0 Å². The van der Waals surface area contributed by atoms with Crippen molar-refractivity contribution in [2.45, 2.75) is 199 Å². The van der Waals surface area contributed by atoms with Crippen LogP contribution in [0.5, 0.6) is 0 Å². The monoisotopic (exact) mass is 925 g/mol. The second-order valence-corrected chi connectivity index (χ2v) is 19.9. The fraction of sp³-hybridized carbons (Fsp3) is 0.848. The van der Waals surface area contributed by atoms with Crippen molar-refractivity contribution in [3.05, 3.63) is 24.3 Å². The van der Waals surface area contributed by atoms with E-state index in [4.69, 9.17) is 33.2 Å². The van der Waals surface area contributed by atoms with Crippen LogP contribution >= 0.6 is 0 Å². The summed E-state index contributed by atoms with van der Waals surface area (Å²) in [7, 11) is 7.07. The van der Waals surface area contributed by atoms with E-state index in [1.165, 1.54) is 14.0 Å². The molecule has 372 valence electrons. The van der Waals surface area contributed by atoms with Crippen LogP contribution in [0.1, 0.15) is 108 Å². The van der Waals surface area contributed by atoms with Crippen LogP contribution < -0.4 is 5.43 Å². The van der Waals surface area contributed by atoms with E-state index < -0.39 is 102 Å². The van der Waals surface area contributed by atoms with E-state index in [9.17, 15) is 30.0 Å². The molecule has 18 atom stereocenters. The third-order valence-corrected chi connectivity index (χ3v) is 13.8. The maximum absolute atomic E-state index is 14.5. The van der Waals surface area contributed by atoms with Gasteiger partial charge in [-0.05, 0) is 102 Å². The summed E-state index contributed by atoms with van der Waals surface area (Å²) in [5.41, 5.74) is -0.962. The lowest BCUT2D eigenvalue weighted by Gasteiger charge is -2.49. The minimum atomic E-state index is -1.85. The molecule has 1 aromatic heterocycles. The number of likely N-dealkylation sites (N-methyl/N-ethyl adjacent to an activating group) is 2. The maximum Gasteiger partial charge on any atom is 0.428 e. The largest absolute Gasteiger partial charge is 0.459 e. The minimum Gasteiger partial charge on any atom is -0.459 e. The molecule has 3 aliphatic heterocycles. The third kappa shape index (κ3) is 13.6. The number of cyclic esters (lactones) is 1. The zero-order chi connectivity index (χ0) is 48.8. The molecule has 0 aromatic carbocycles. The van der Waals surface area contributed by atoms with Crippen molar-refractivity contribution in [2.75, 3.05) is 34.8 Å². The molecule has 3 saturated heterocycles. The number of hydrogen-bond donors (Lipinski definition) is 5. The van der Waals surface area contributed by atoms with Gasteiger partial charge in [0.25, 0.3) is 0 Å². The quantitative estimate of drug-likeness (QED) is 0.122. The summed E-state index contributed by atoms with van der Waals surface area (Å²) >= 11 is 0. The molecule has 0 aliphatic carbocycles. The first-order valence-corrected chi connectivity index (χ1v) is 23.1. The summed E-state index contributed by atoms with van der Waals surface area (Å²) in [6.07, 6.45) is -4.77. The van der Waals surface area contributed by atoms with Crippen LogP contribution in [0.25, 0.3) is 0 Å². The van der Waals surface area contributed by atoms with Gasteiger partial charge in [0.2, 0.25) is 0 Å². The van der Waals surface area contributed by atoms with E-state index in [0.29, 0.717) is 30.8 Å². The minimum absolute atomic E-state index is 0.0277. The van der Waals surface area contributed by atoms with Crippen molar-refractivity contribution in [1.29, 1.82) is 0 Å². The Labute approximate surface area is 385 Å². The number of nitrogens with one attached hydrogen (secondary N) is 1. The number of esters is 1. The molecule has 1 aromatic rings.